The molecule has 0 spiro atoms. The minimum absolute atomic E-state index is 0.456. The van der Waals surface area contributed by atoms with Gasteiger partial charge >= 0.3 is 0 Å². The molecule has 2 aromatic heterocycles. The Morgan fingerprint density at radius 3 is 2.60 bits per heavy atom. The molecule has 0 saturated carbocycles. The molecule has 0 N–H and O–H groups in total. The topological polar surface area (TPSA) is 49.6 Å². The highest BCUT2D eigenvalue weighted by molar-refractivity contribution is 7.13. The second kappa shape index (κ2) is 5.41. The maximum atomic E-state index is 8.80. The fourth-order valence-corrected chi connectivity index (χ4v) is 2.79. The summed E-state index contributed by atoms with van der Waals surface area (Å²) in [5.41, 5.74) is 3.48. The molecular formula is C15H8ClN3S. The molecule has 3 aromatic rings. The van der Waals surface area contributed by atoms with Gasteiger partial charge in [-0.05, 0) is 24.3 Å². The van der Waals surface area contributed by atoms with Gasteiger partial charge in [0.2, 0.25) is 0 Å². The van der Waals surface area contributed by atoms with E-state index in [-0.39, 0.29) is 0 Å². The quantitative estimate of drug-likeness (QED) is 0.659. The molecule has 96 valence electrons. The van der Waals surface area contributed by atoms with Gasteiger partial charge in [-0.2, -0.15) is 5.26 Å². The minimum Gasteiger partial charge on any atom is -0.245 e. The first-order valence-corrected chi connectivity index (χ1v) is 7.10. The van der Waals surface area contributed by atoms with Crippen molar-refractivity contribution in [2.24, 2.45) is 0 Å². The fraction of sp³-hybridized carbons (Fsp3) is 0. The molecule has 0 atom stereocenters. The van der Waals surface area contributed by atoms with E-state index in [1.54, 1.807) is 35.7 Å². The highest BCUT2D eigenvalue weighted by Gasteiger charge is 2.07. The van der Waals surface area contributed by atoms with E-state index in [0.29, 0.717) is 10.7 Å². The Morgan fingerprint density at radius 2 is 1.90 bits per heavy atom. The summed E-state index contributed by atoms with van der Waals surface area (Å²) in [6.07, 6.45) is 1.67. The average Bonchev–Trinajstić information content (AvgIpc) is 2.97. The van der Waals surface area contributed by atoms with Gasteiger partial charge in [-0.25, -0.2) is 9.97 Å². The summed E-state index contributed by atoms with van der Waals surface area (Å²) in [4.78, 5) is 8.56. The second-order valence-corrected chi connectivity index (χ2v) is 5.34. The lowest BCUT2D eigenvalue weighted by Crippen LogP contribution is -1.81. The third kappa shape index (κ3) is 2.55. The van der Waals surface area contributed by atoms with Crippen LogP contribution in [0.25, 0.3) is 21.8 Å². The monoisotopic (exact) mass is 297 g/mol. The Bertz CT molecular complexity index is 787. The molecule has 0 aliphatic carbocycles. The predicted molar refractivity (Wildman–Crippen MR) is 80.5 cm³/mol. The lowest BCUT2D eigenvalue weighted by Gasteiger charge is -1.97. The van der Waals surface area contributed by atoms with Gasteiger partial charge in [-0.3, -0.25) is 0 Å². The van der Waals surface area contributed by atoms with E-state index < -0.39 is 0 Å². The molecule has 3 rings (SSSR count). The molecule has 0 saturated heterocycles. The lowest BCUT2D eigenvalue weighted by molar-refractivity contribution is 1.32. The van der Waals surface area contributed by atoms with Crippen LogP contribution in [0.4, 0.5) is 0 Å². The van der Waals surface area contributed by atoms with Crippen LogP contribution in [0, 0.1) is 11.3 Å². The number of hydrogen-bond acceptors (Lipinski definition) is 4. The molecule has 5 heteroatoms. The van der Waals surface area contributed by atoms with E-state index in [2.05, 4.69) is 16.0 Å². The summed E-state index contributed by atoms with van der Waals surface area (Å²) >= 11 is 7.44. The number of halogens is 1. The van der Waals surface area contributed by atoms with Crippen molar-refractivity contribution >= 4 is 22.9 Å². The fourth-order valence-electron chi connectivity index (χ4n) is 1.79. The van der Waals surface area contributed by atoms with Crippen LogP contribution in [0.15, 0.2) is 48.0 Å². The van der Waals surface area contributed by atoms with E-state index in [1.807, 2.05) is 23.6 Å². The first kappa shape index (κ1) is 12.8. The Morgan fingerprint density at radius 1 is 1.10 bits per heavy atom. The summed E-state index contributed by atoms with van der Waals surface area (Å²) in [6.45, 7) is 0. The molecule has 0 radical (unpaired) electrons. The van der Waals surface area contributed by atoms with E-state index in [4.69, 9.17) is 16.9 Å². The smallest absolute Gasteiger partial charge is 0.129 e. The third-order valence-corrected chi connectivity index (χ3v) is 3.89. The number of nitriles is 1. The molecule has 1 aromatic carbocycles. The van der Waals surface area contributed by atoms with Gasteiger partial charge in [0, 0.05) is 22.7 Å². The predicted octanol–water partition coefficient (Wildman–Crippen LogP) is 4.40. The van der Waals surface area contributed by atoms with Gasteiger partial charge in [0.05, 0.1) is 17.3 Å². The number of nitrogens with zero attached hydrogens (tertiary/aromatic N) is 3. The Kier molecular flexibility index (Phi) is 3.46. The van der Waals surface area contributed by atoms with Gasteiger partial charge in [-0.15, -0.1) is 11.3 Å². The first-order valence-electron chi connectivity index (χ1n) is 5.84. The number of rotatable bonds is 2. The number of thiazole rings is 1. The molecule has 0 bridgehead atoms. The van der Waals surface area contributed by atoms with Crippen LogP contribution in [0.2, 0.25) is 5.15 Å². The molecule has 0 unspecified atom stereocenters. The second-order valence-electron chi connectivity index (χ2n) is 4.09. The molecule has 20 heavy (non-hydrogen) atoms. The van der Waals surface area contributed by atoms with Crippen LogP contribution >= 0.6 is 22.9 Å². The summed E-state index contributed by atoms with van der Waals surface area (Å²) in [5.74, 6) is 0. The van der Waals surface area contributed by atoms with Crippen molar-refractivity contribution in [2.45, 2.75) is 0 Å². The molecule has 0 aliphatic heterocycles. The first-order chi connectivity index (χ1) is 9.76. The van der Waals surface area contributed by atoms with Crippen LogP contribution in [0.1, 0.15) is 5.56 Å². The largest absolute Gasteiger partial charge is 0.245 e. The van der Waals surface area contributed by atoms with E-state index >= 15 is 0 Å². The summed E-state index contributed by atoms with van der Waals surface area (Å²) in [6, 6.07) is 13.2. The Hall–Kier alpha value is -2.22. The van der Waals surface area contributed by atoms with Gasteiger partial charge < -0.3 is 0 Å². The van der Waals surface area contributed by atoms with Crippen molar-refractivity contribution in [3.8, 4) is 27.9 Å². The molecule has 0 fully saturated rings. The van der Waals surface area contributed by atoms with Crippen molar-refractivity contribution in [3.05, 3.63) is 58.7 Å². The maximum absolute atomic E-state index is 8.80. The average molecular weight is 298 g/mol. The van der Waals surface area contributed by atoms with Gasteiger partial charge in [-0.1, -0.05) is 23.7 Å². The molecule has 0 aliphatic rings. The molecule has 3 nitrogen and oxygen atoms in total. The van der Waals surface area contributed by atoms with E-state index in [0.717, 1.165) is 21.8 Å². The van der Waals surface area contributed by atoms with Crippen molar-refractivity contribution in [3.63, 3.8) is 0 Å². The van der Waals surface area contributed by atoms with E-state index in [9.17, 15) is 0 Å². The summed E-state index contributed by atoms with van der Waals surface area (Å²) in [7, 11) is 0. The van der Waals surface area contributed by atoms with Gasteiger partial charge in [0.25, 0.3) is 0 Å². The number of hydrogen-bond donors (Lipinski definition) is 0. The highest BCUT2D eigenvalue weighted by atomic mass is 35.5. The maximum Gasteiger partial charge on any atom is 0.129 e. The van der Waals surface area contributed by atoms with Crippen LogP contribution in [-0.4, -0.2) is 9.97 Å². The Balaban J connectivity index is 1.95. The van der Waals surface area contributed by atoms with Crippen LogP contribution in [0.5, 0.6) is 0 Å². The SMILES string of the molecule is N#Cc1ccc(-c2csc(-c3ccnc(Cl)c3)n2)cc1. The van der Waals surface area contributed by atoms with E-state index in [1.165, 1.54) is 0 Å². The van der Waals surface area contributed by atoms with Crippen LogP contribution in [-0.2, 0) is 0 Å². The van der Waals surface area contributed by atoms with Crippen molar-refractivity contribution < 1.29 is 0 Å². The summed E-state index contributed by atoms with van der Waals surface area (Å²) in [5, 5.41) is 12.1. The van der Waals surface area contributed by atoms with Crippen LogP contribution < -0.4 is 0 Å². The molecule has 0 amide bonds. The standard InChI is InChI=1S/C15H8ClN3S/c16-14-7-12(5-6-18-14)15-19-13(9-20-15)11-3-1-10(8-17)2-4-11/h1-7,9H. The third-order valence-electron chi connectivity index (χ3n) is 2.79. The lowest BCUT2D eigenvalue weighted by atomic mass is 10.1. The van der Waals surface area contributed by atoms with Gasteiger partial charge in [0.15, 0.2) is 0 Å². The normalized spacial score (nSPS) is 10.2. The molecular weight excluding hydrogens is 290 g/mol. The molecule has 2 heterocycles. The Labute approximate surface area is 125 Å². The number of aromatic nitrogens is 2. The van der Waals surface area contributed by atoms with Crippen LogP contribution in [0.3, 0.4) is 0 Å². The zero-order valence-electron chi connectivity index (χ0n) is 10.2. The van der Waals surface area contributed by atoms with Crippen molar-refractivity contribution in [1.82, 2.24) is 9.97 Å². The zero-order valence-corrected chi connectivity index (χ0v) is 11.8. The number of benzene rings is 1. The van der Waals surface area contributed by atoms with Crippen molar-refractivity contribution in [1.29, 1.82) is 5.26 Å². The van der Waals surface area contributed by atoms with Crippen molar-refractivity contribution in [2.75, 3.05) is 0 Å². The van der Waals surface area contributed by atoms with Gasteiger partial charge in [0.1, 0.15) is 10.2 Å². The number of pyridine rings is 1. The summed E-state index contributed by atoms with van der Waals surface area (Å²) < 4.78 is 0. The zero-order chi connectivity index (χ0) is 13.9. The highest BCUT2D eigenvalue weighted by Crippen LogP contribution is 2.29. The minimum atomic E-state index is 0.456.